The van der Waals surface area contributed by atoms with Gasteiger partial charge in [0.2, 0.25) is 5.91 Å². The van der Waals surface area contributed by atoms with E-state index in [0.717, 1.165) is 11.3 Å². The highest BCUT2D eigenvalue weighted by molar-refractivity contribution is 6.32. The van der Waals surface area contributed by atoms with E-state index in [1.807, 2.05) is 24.3 Å². The van der Waals surface area contributed by atoms with Crippen LogP contribution in [0.2, 0.25) is 5.02 Å². The average Bonchev–Trinajstić information content (AvgIpc) is 2.93. The predicted octanol–water partition coefficient (Wildman–Crippen LogP) is 3.14. The lowest BCUT2D eigenvalue weighted by Crippen LogP contribution is -2.36. The minimum absolute atomic E-state index is 0.130. The van der Waals surface area contributed by atoms with Gasteiger partial charge in [0.15, 0.2) is 0 Å². The first-order chi connectivity index (χ1) is 13.0. The minimum Gasteiger partial charge on any atom is -0.497 e. The van der Waals surface area contributed by atoms with Crippen molar-refractivity contribution in [1.82, 2.24) is 4.90 Å². The van der Waals surface area contributed by atoms with Crippen molar-refractivity contribution in [2.75, 3.05) is 26.1 Å². The number of halogens is 1. The minimum atomic E-state index is -0.585. The van der Waals surface area contributed by atoms with Crippen molar-refractivity contribution in [3.05, 3.63) is 53.1 Å². The molecule has 142 valence electrons. The molecular formula is C20H21ClN2O4. The second-order valence-electron chi connectivity index (χ2n) is 6.23. The van der Waals surface area contributed by atoms with Crippen LogP contribution in [0.4, 0.5) is 5.69 Å². The summed E-state index contributed by atoms with van der Waals surface area (Å²) in [7, 11) is 3.15. The first-order valence-electron chi connectivity index (χ1n) is 8.59. The van der Waals surface area contributed by atoms with Gasteiger partial charge in [0.25, 0.3) is 5.91 Å². The Balaban J connectivity index is 1.61. The number of benzene rings is 2. The van der Waals surface area contributed by atoms with Gasteiger partial charge >= 0.3 is 0 Å². The molecule has 2 aromatic rings. The Hall–Kier alpha value is -2.73. The molecule has 1 saturated heterocycles. The third-order valence-electron chi connectivity index (χ3n) is 4.52. The van der Waals surface area contributed by atoms with E-state index in [9.17, 15) is 9.59 Å². The van der Waals surface area contributed by atoms with E-state index in [0.29, 0.717) is 29.4 Å². The lowest BCUT2D eigenvalue weighted by atomic mass is 10.1. The number of imide groups is 1. The van der Waals surface area contributed by atoms with Crippen LogP contribution >= 0.6 is 11.6 Å². The molecule has 1 aliphatic rings. The molecule has 1 N–H and O–H groups in total. The van der Waals surface area contributed by atoms with Crippen LogP contribution in [0, 0.1) is 0 Å². The summed E-state index contributed by atoms with van der Waals surface area (Å²) in [4.78, 5) is 26.2. The van der Waals surface area contributed by atoms with Crippen LogP contribution < -0.4 is 14.8 Å². The number of methoxy groups -OCH3 is 2. The number of amides is 2. The largest absolute Gasteiger partial charge is 0.497 e. The second-order valence-corrected chi connectivity index (χ2v) is 6.64. The number of carbonyl (C=O) groups excluding carboxylic acids is 2. The van der Waals surface area contributed by atoms with Crippen LogP contribution in [0.1, 0.15) is 12.0 Å². The number of hydrogen-bond acceptors (Lipinski definition) is 5. The van der Waals surface area contributed by atoms with Gasteiger partial charge in [0.1, 0.15) is 17.5 Å². The van der Waals surface area contributed by atoms with Crippen LogP contribution in [-0.4, -0.2) is 43.5 Å². The van der Waals surface area contributed by atoms with Gasteiger partial charge in [-0.3, -0.25) is 14.5 Å². The van der Waals surface area contributed by atoms with E-state index in [4.69, 9.17) is 21.1 Å². The molecule has 1 heterocycles. The van der Waals surface area contributed by atoms with Gasteiger partial charge in [-0.15, -0.1) is 0 Å². The molecule has 2 aromatic carbocycles. The number of carbonyl (C=O) groups is 2. The Morgan fingerprint density at radius 1 is 1.11 bits per heavy atom. The average molecular weight is 389 g/mol. The second kappa shape index (κ2) is 8.31. The summed E-state index contributed by atoms with van der Waals surface area (Å²) >= 11 is 6.11. The highest BCUT2D eigenvalue weighted by Gasteiger charge is 2.38. The first kappa shape index (κ1) is 19.0. The van der Waals surface area contributed by atoms with Gasteiger partial charge < -0.3 is 14.8 Å². The molecule has 7 heteroatoms. The third-order valence-corrected chi connectivity index (χ3v) is 4.82. The quantitative estimate of drug-likeness (QED) is 0.738. The summed E-state index contributed by atoms with van der Waals surface area (Å²) in [5.74, 6) is 0.928. The Labute approximate surface area is 163 Å². The highest BCUT2D eigenvalue weighted by Crippen LogP contribution is 2.28. The molecule has 0 spiro atoms. The summed E-state index contributed by atoms with van der Waals surface area (Å²) < 4.78 is 10.2. The molecule has 3 rings (SSSR count). The summed E-state index contributed by atoms with van der Waals surface area (Å²) in [6.45, 7) is 0.353. The molecule has 6 nitrogen and oxygen atoms in total. The molecule has 0 aromatic heterocycles. The van der Waals surface area contributed by atoms with E-state index in [1.165, 1.54) is 12.0 Å². The van der Waals surface area contributed by atoms with Crippen molar-refractivity contribution in [3.8, 4) is 11.5 Å². The van der Waals surface area contributed by atoms with Crippen LogP contribution in [0.3, 0.4) is 0 Å². The molecule has 1 fully saturated rings. The SMILES string of the molecule is COc1ccc(CCN2C(=O)C[C@H](Nc3ccc(OC)c(Cl)c3)C2=O)cc1. The fraction of sp³-hybridized carbons (Fsp3) is 0.300. The monoisotopic (exact) mass is 388 g/mol. The molecule has 0 saturated carbocycles. The van der Waals surface area contributed by atoms with Crippen LogP contribution in [0.15, 0.2) is 42.5 Å². The van der Waals surface area contributed by atoms with E-state index < -0.39 is 6.04 Å². The van der Waals surface area contributed by atoms with Crippen LogP contribution in [0.5, 0.6) is 11.5 Å². The van der Waals surface area contributed by atoms with Crippen molar-refractivity contribution >= 4 is 29.1 Å². The van der Waals surface area contributed by atoms with E-state index >= 15 is 0 Å². The summed E-state index contributed by atoms with van der Waals surface area (Å²) in [5.41, 5.74) is 1.71. The Bertz CT molecular complexity index is 838. The number of anilines is 1. The lowest BCUT2D eigenvalue weighted by molar-refractivity contribution is -0.138. The molecule has 0 radical (unpaired) electrons. The maximum atomic E-state index is 12.6. The first-order valence-corrected chi connectivity index (χ1v) is 8.97. The fourth-order valence-electron chi connectivity index (χ4n) is 3.02. The predicted molar refractivity (Wildman–Crippen MR) is 103 cm³/mol. The lowest BCUT2D eigenvalue weighted by Gasteiger charge is -2.16. The molecule has 0 unspecified atom stereocenters. The molecule has 1 atom stereocenters. The Morgan fingerprint density at radius 2 is 1.85 bits per heavy atom. The topological polar surface area (TPSA) is 67.9 Å². The molecule has 2 amide bonds. The molecule has 0 aliphatic carbocycles. The maximum Gasteiger partial charge on any atom is 0.252 e. The van der Waals surface area contributed by atoms with Crippen LogP contribution in [-0.2, 0) is 16.0 Å². The molecular weight excluding hydrogens is 368 g/mol. The number of nitrogens with zero attached hydrogens (tertiary/aromatic N) is 1. The number of likely N-dealkylation sites (tertiary alicyclic amines) is 1. The fourth-order valence-corrected chi connectivity index (χ4v) is 3.28. The van der Waals surface area contributed by atoms with Gasteiger partial charge in [0.05, 0.1) is 25.7 Å². The van der Waals surface area contributed by atoms with E-state index in [-0.39, 0.29) is 18.2 Å². The summed E-state index contributed by atoms with van der Waals surface area (Å²) in [6, 6.07) is 12.2. The summed E-state index contributed by atoms with van der Waals surface area (Å²) in [6.07, 6.45) is 0.730. The standard InChI is InChI=1S/C20H21ClN2O4/c1-26-15-6-3-13(4-7-15)9-10-23-19(24)12-17(20(23)25)22-14-5-8-18(27-2)16(21)11-14/h3-8,11,17,22H,9-10,12H2,1-2H3/t17-/m0/s1. The number of ether oxygens (including phenoxy) is 2. The van der Waals surface area contributed by atoms with E-state index in [1.54, 1.807) is 25.3 Å². The third kappa shape index (κ3) is 4.34. The van der Waals surface area contributed by atoms with Gasteiger partial charge in [-0.05, 0) is 42.3 Å². The Morgan fingerprint density at radius 3 is 2.48 bits per heavy atom. The van der Waals surface area contributed by atoms with Gasteiger partial charge in [-0.25, -0.2) is 0 Å². The number of nitrogens with one attached hydrogen (secondary N) is 1. The van der Waals surface area contributed by atoms with Gasteiger partial charge in [-0.2, -0.15) is 0 Å². The summed E-state index contributed by atoms with van der Waals surface area (Å²) in [5, 5.41) is 3.53. The number of rotatable bonds is 7. The molecule has 27 heavy (non-hydrogen) atoms. The molecule has 0 bridgehead atoms. The van der Waals surface area contributed by atoms with Crippen molar-refractivity contribution in [3.63, 3.8) is 0 Å². The zero-order valence-electron chi connectivity index (χ0n) is 15.2. The van der Waals surface area contributed by atoms with E-state index in [2.05, 4.69) is 5.32 Å². The van der Waals surface area contributed by atoms with Crippen molar-refractivity contribution in [1.29, 1.82) is 0 Å². The van der Waals surface area contributed by atoms with Crippen molar-refractivity contribution in [2.24, 2.45) is 0 Å². The zero-order chi connectivity index (χ0) is 19.4. The maximum absolute atomic E-state index is 12.6. The smallest absolute Gasteiger partial charge is 0.252 e. The highest BCUT2D eigenvalue weighted by atomic mass is 35.5. The van der Waals surface area contributed by atoms with Gasteiger partial charge in [-0.1, -0.05) is 23.7 Å². The van der Waals surface area contributed by atoms with Gasteiger partial charge in [0, 0.05) is 12.2 Å². The molecule has 1 aliphatic heterocycles. The van der Waals surface area contributed by atoms with Crippen molar-refractivity contribution < 1.29 is 19.1 Å². The normalized spacial score (nSPS) is 16.6. The zero-order valence-corrected chi connectivity index (χ0v) is 16.0. The number of hydrogen-bond donors (Lipinski definition) is 1. The Kier molecular flexibility index (Phi) is 5.86. The van der Waals surface area contributed by atoms with Crippen molar-refractivity contribution in [2.45, 2.75) is 18.9 Å². The van der Waals surface area contributed by atoms with Crippen LogP contribution in [0.25, 0.3) is 0 Å².